The van der Waals surface area contributed by atoms with Gasteiger partial charge < -0.3 is 4.74 Å². The second kappa shape index (κ2) is 3.52. The van der Waals surface area contributed by atoms with Gasteiger partial charge in [-0.25, -0.2) is 4.79 Å². The molecule has 0 aromatic carbocycles. The molecule has 0 aromatic heterocycles. The number of ether oxygens (including phenoxy) is 1. The Morgan fingerprint density at radius 1 is 1.62 bits per heavy atom. The third kappa shape index (κ3) is 2.58. The van der Waals surface area contributed by atoms with E-state index in [1.165, 1.54) is 0 Å². The summed E-state index contributed by atoms with van der Waals surface area (Å²) in [5, 5.41) is 0. The zero-order valence-corrected chi connectivity index (χ0v) is 8.72. The highest BCUT2D eigenvalue weighted by atomic mass is 16.6. The van der Waals surface area contributed by atoms with Crippen LogP contribution in [0, 0.1) is 5.92 Å². The van der Waals surface area contributed by atoms with Gasteiger partial charge in [-0.05, 0) is 39.0 Å². The summed E-state index contributed by atoms with van der Waals surface area (Å²) in [4.78, 5) is 11.3. The molecule has 0 aromatic rings. The molecular weight excluding hydrogens is 164 g/mol. The number of hydrogen-bond acceptors (Lipinski definition) is 2. The summed E-state index contributed by atoms with van der Waals surface area (Å²) in [6, 6.07) is 0. The van der Waals surface area contributed by atoms with Crippen LogP contribution < -0.4 is 0 Å². The molecule has 2 heteroatoms. The van der Waals surface area contributed by atoms with E-state index in [0.717, 1.165) is 19.3 Å². The first kappa shape index (κ1) is 10.3. The van der Waals surface area contributed by atoms with Crippen molar-refractivity contribution in [3.8, 4) is 0 Å². The van der Waals surface area contributed by atoms with E-state index in [2.05, 4.69) is 13.5 Å². The number of carbonyl (C=O) groups is 1. The fourth-order valence-corrected chi connectivity index (χ4v) is 1.90. The molecule has 0 N–H and O–H groups in total. The quantitative estimate of drug-likeness (QED) is 0.485. The van der Waals surface area contributed by atoms with Gasteiger partial charge in [0.2, 0.25) is 0 Å². The molecule has 1 rings (SSSR count). The van der Waals surface area contributed by atoms with Crippen LogP contribution in [0.5, 0.6) is 0 Å². The minimum atomic E-state index is -0.253. The van der Waals surface area contributed by atoms with Crippen molar-refractivity contribution < 1.29 is 9.53 Å². The van der Waals surface area contributed by atoms with E-state index in [0.29, 0.717) is 11.5 Å². The highest BCUT2D eigenvalue weighted by Crippen LogP contribution is 2.37. The van der Waals surface area contributed by atoms with E-state index in [1.807, 2.05) is 6.92 Å². The Morgan fingerprint density at radius 2 is 2.23 bits per heavy atom. The highest BCUT2D eigenvalue weighted by Gasteiger charge is 2.36. The molecule has 1 saturated carbocycles. The molecule has 2 unspecified atom stereocenters. The lowest BCUT2D eigenvalue weighted by Gasteiger charge is -2.24. The monoisotopic (exact) mass is 182 g/mol. The molecule has 1 aliphatic rings. The van der Waals surface area contributed by atoms with Gasteiger partial charge in [-0.3, -0.25) is 0 Å². The molecule has 0 spiro atoms. The Bertz CT molecular complexity index is 232. The first-order valence-corrected chi connectivity index (χ1v) is 4.82. The smallest absolute Gasteiger partial charge is 0.333 e. The summed E-state index contributed by atoms with van der Waals surface area (Å²) < 4.78 is 5.39. The van der Waals surface area contributed by atoms with E-state index in [4.69, 9.17) is 4.74 Å². The van der Waals surface area contributed by atoms with Crippen LogP contribution in [0.1, 0.15) is 40.0 Å². The molecule has 74 valence electrons. The highest BCUT2D eigenvalue weighted by molar-refractivity contribution is 5.87. The average Bonchev–Trinajstić information content (AvgIpc) is 2.30. The minimum absolute atomic E-state index is 0.241. The van der Waals surface area contributed by atoms with Gasteiger partial charge in [0.1, 0.15) is 5.60 Å². The maximum atomic E-state index is 11.3. The predicted octanol–water partition coefficient (Wildman–Crippen LogP) is 2.68. The maximum absolute atomic E-state index is 11.3. The second-order valence-corrected chi connectivity index (χ2v) is 4.47. The van der Waals surface area contributed by atoms with Crippen molar-refractivity contribution in [2.45, 2.75) is 45.6 Å². The summed E-state index contributed by atoms with van der Waals surface area (Å²) in [6.07, 6.45) is 3.11. The molecule has 0 radical (unpaired) electrons. The number of carbonyl (C=O) groups excluding carboxylic acids is 1. The Balaban J connectivity index is 2.53. The Kier molecular flexibility index (Phi) is 2.79. The van der Waals surface area contributed by atoms with Crippen LogP contribution in [-0.4, -0.2) is 11.6 Å². The van der Waals surface area contributed by atoms with Crippen molar-refractivity contribution in [1.29, 1.82) is 0 Å². The summed E-state index contributed by atoms with van der Waals surface area (Å²) in [7, 11) is 0. The number of hydrogen-bond donors (Lipinski definition) is 0. The van der Waals surface area contributed by atoms with Crippen molar-refractivity contribution in [3.63, 3.8) is 0 Å². The first-order valence-electron chi connectivity index (χ1n) is 4.82. The normalized spacial score (nSPS) is 33.0. The van der Waals surface area contributed by atoms with Gasteiger partial charge in [0.15, 0.2) is 0 Å². The molecule has 0 heterocycles. The van der Waals surface area contributed by atoms with Crippen LogP contribution >= 0.6 is 0 Å². The third-order valence-corrected chi connectivity index (χ3v) is 2.63. The number of rotatable bonds is 2. The lowest BCUT2D eigenvalue weighted by atomic mass is 10.0. The third-order valence-electron chi connectivity index (χ3n) is 2.63. The van der Waals surface area contributed by atoms with Gasteiger partial charge in [-0.1, -0.05) is 13.5 Å². The first-order chi connectivity index (χ1) is 5.93. The maximum Gasteiger partial charge on any atom is 0.333 e. The molecule has 1 aliphatic carbocycles. The van der Waals surface area contributed by atoms with Crippen molar-refractivity contribution in [2.75, 3.05) is 0 Å². The molecule has 2 nitrogen and oxygen atoms in total. The second-order valence-electron chi connectivity index (χ2n) is 4.47. The molecule has 0 bridgehead atoms. The largest absolute Gasteiger partial charge is 0.456 e. The summed E-state index contributed by atoms with van der Waals surface area (Å²) in [5.41, 5.74) is 0.246. The molecular formula is C11H18O2. The van der Waals surface area contributed by atoms with Crippen LogP contribution in [0.15, 0.2) is 12.2 Å². The zero-order valence-electron chi connectivity index (χ0n) is 8.72. The topological polar surface area (TPSA) is 26.3 Å². The fourth-order valence-electron chi connectivity index (χ4n) is 1.90. The average molecular weight is 182 g/mol. The van der Waals surface area contributed by atoms with E-state index in [1.54, 1.807) is 6.92 Å². The standard InChI is InChI=1S/C11H18O2/c1-8(2)10(12)13-11(4)6-5-9(3)7-11/h9H,1,5-7H2,2-4H3. The van der Waals surface area contributed by atoms with Crippen LogP contribution in [0.25, 0.3) is 0 Å². The molecule has 13 heavy (non-hydrogen) atoms. The Labute approximate surface area is 80.0 Å². The lowest BCUT2D eigenvalue weighted by molar-refractivity contribution is -0.152. The van der Waals surface area contributed by atoms with E-state index < -0.39 is 0 Å². The Hall–Kier alpha value is -0.790. The van der Waals surface area contributed by atoms with Gasteiger partial charge in [-0.15, -0.1) is 0 Å². The van der Waals surface area contributed by atoms with Crippen molar-refractivity contribution in [1.82, 2.24) is 0 Å². The van der Waals surface area contributed by atoms with Gasteiger partial charge in [0.05, 0.1) is 0 Å². The van der Waals surface area contributed by atoms with Crippen LogP contribution in [0.4, 0.5) is 0 Å². The zero-order chi connectivity index (χ0) is 10.1. The summed E-state index contributed by atoms with van der Waals surface area (Å²) >= 11 is 0. The van der Waals surface area contributed by atoms with Crippen molar-refractivity contribution in [2.24, 2.45) is 5.92 Å². The van der Waals surface area contributed by atoms with Crippen molar-refractivity contribution >= 4 is 5.97 Å². The van der Waals surface area contributed by atoms with Gasteiger partial charge in [0.25, 0.3) is 0 Å². The van der Waals surface area contributed by atoms with E-state index in [9.17, 15) is 4.79 Å². The fraction of sp³-hybridized carbons (Fsp3) is 0.727. The summed E-state index contributed by atoms with van der Waals surface area (Å²) in [6.45, 7) is 9.46. The molecule has 0 amide bonds. The van der Waals surface area contributed by atoms with Crippen LogP contribution in [-0.2, 0) is 9.53 Å². The van der Waals surface area contributed by atoms with Crippen LogP contribution in [0.2, 0.25) is 0 Å². The SMILES string of the molecule is C=C(C)C(=O)OC1(C)CCC(C)C1. The lowest BCUT2D eigenvalue weighted by Crippen LogP contribution is -2.28. The molecule has 0 saturated heterocycles. The van der Waals surface area contributed by atoms with Crippen LogP contribution in [0.3, 0.4) is 0 Å². The summed E-state index contributed by atoms with van der Waals surface area (Å²) in [5.74, 6) is 0.416. The van der Waals surface area contributed by atoms with E-state index >= 15 is 0 Å². The molecule has 2 atom stereocenters. The van der Waals surface area contributed by atoms with E-state index in [-0.39, 0.29) is 11.6 Å². The van der Waals surface area contributed by atoms with Gasteiger partial charge in [0, 0.05) is 5.57 Å². The van der Waals surface area contributed by atoms with Gasteiger partial charge in [-0.2, -0.15) is 0 Å². The van der Waals surface area contributed by atoms with Gasteiger partial charge >= 0.3 is 5.97 Å². The molecule has 0 aliphatic heterocycles. The molecule has 1 fully saturated rings. The predicted molar refractivity (Wildman–Crippen MR) is 52.3 cm³/mol. The minimum Gasteiger partial charge on any atom is -0.456 e. The number of esters is 1. The van der Waals surface area contributed by atoms with Crippen molar-refractivity contribution in [3.05, 3.63) is 12.2 Å². The Morgan fingerprint density at radius 3 is 2.62 bits per heavy atom.